The van der Waals surface area contributed by atoms with Crippen LogP contribution in [0.2, 0.25) is 0 Å². The number of ether oxygens (including phenoxy) is 1. The third-order valence-corrected chi connectivity index (χ3v) is 5.28. The molecule has 0 amide bonds. The molecule has 0 saturated heterocycles. The Morgan fingerprint density at radius 3 is 2.04 bits per heavy atom. The molecule has 0 bridgehead atoms. The van der Waals surface area contributed by atoms with E-state index in [9.17, 15) is 34.8 Å². The third kappa shape index (κ3) is 7.46. The van der Waals surface area contributed by atoms with Gasteiger partial charge in [-0.25, -0.2) is 8.42 Å². The van der Waals surface area contributed by atoms with E-state index in [2.05, 4.69) is 4.18 Å². The van der Waals surface area contributed by atoms with E-state index in [1.165, 1.54) is 0 Å². The van der Waals surface area contributed by atoms with E-state index in [0.717, 1.165) is 0 Å². The molecular formula is C10H18F3NO7S2. The second-order valence-electron chi connectivity index (χ2n) is 5.08. The van der Waals surface area contributed by atoms with Crippen LogP contribution in [0.15, 0.2) is 0 Å². The lowest BCUT2D eigenvalue weighted by Gasteiger charge is -2.21. The van der Waals surface area contributed by atoms with E-state index >= 15 is 0 Å². The number of rotatable bonds is 9. The molecule has 0 heterocycles. The van der Waals surface area contributed by atoms with Crippen molar-refractivity contribution in [3.05, 3.63) is 0 Å². The molecule has 0 unspecified atom stereocenters. The first kappa shape index (κ1) is 22.1. The number of carbonyl (C=O) groups is 1. The first-order valence-electron chi connectivity index (χ1n) is 6.31. The maximum absolute atomic E-state index is 12.0. The van der Waals surface area contributed by atoms with Crippen LogP contribution in [-0.2, 0) is 34.0 Å². The third-order valence-electron chi connectivity index (χ3n) is 2.50. The van der Waals surface area contributed by atoms with Crippen molar-refractivity contribution in [1.29, 1.82) is 0 Å². The number of alkyl halides is 3. The fraction of sp³-hybridized carbons (Fsp3) is 0.900. The lowest BCUT2D eigenvalue weighted by molar-refractivity contribution is -0.155. The predicted molar refractivity (Wildman–Crippen MR) is 72.6 cm³/mol. The summed E-state index contributed by atoms with van der Waals surface area (Å²) in [4.78, 5) is 11.7. The van der Waals surface area contributed by atoms with Gasteiger partial charge in [-0.15, -0.1) is 0 Å². The molecule has 138 valence electrons. The molecule has 13 heteroatoms. The van der Waals surface area contributed by atoms with Gasteiger partial charge in [0, 0.05) is 0 Å². The second-order valence-corrected chi connectivity index (χ2v) is 8.36. The van der Waals surface area contributed by atoms with Gasteiger partial charge in [0.2, 0.25) is 0 Å². The average molecular weight is 385 g/mol. The van der Waals surface area contributed by atoms with Crippen molar-refractivity contribution in [2.75, 3.05) is 13.2 Å². The Hall–Kier alpha value is -0.920. The van der Waals surface area contributed by atoms with Gasteiger partial charge >= 0.3 is 31.8 Å². The van der Waals surface area contributed by atoms with Crippen LogP contribution in [0.4, 0.5) is 13.2 Å². The minimum atomic E-state index is -6.11. The molecule has 0 rings (SSSR count). The van der Waals surface area contributed by atoms with Gasteiger partial charge in [-0.1, -0.05) is 17.5 Å². The first-order valence-corrected chi connectivity index (χ1v) is 9.20. The molecule has 8 nitrogen and oxygen atoms in total. The van der Waals surface area contributed by atoms with Gasteiger partial charge in [-0.2, -0.15) is 21.6 Å². The van der Waals surface area contributed by atoms with E-state index in [1.54, 1.807) is 13.8 Å². The summed E-state index contributed by atoms with van der Waals surface area (Å²) in [6.07, 6.45) is 1.21. The Morgan fingerprint density at radius 2 is 1.61 bits per heavy atom. The quantitative estimate of drug-likeness (QED) is 0.466. The Kier molecular flexibility index (Phi) is 7.46. The normalized spacial score (nSPS) is 13.8. The fourth-order valence-electron chi connectivity index (χ4n) is 1.41. The molecule has 0 spiro atoms. The zero-order valence-corrected chi connectivity index (χ0v) is 14.3. The second kappa shape index (κ2) is 7.77. The Labute approximate surface area is 132 Å². The molecule has 0 atom stereocenters. The van der Waals surface area contributed by atoms with Crippen LogP contribution in [0, 0.1) is 5.41 Å². The zero-order chi connectivity index (χ0) is 18.5. The monoisotopic (exact) mass is 385 g/mol. The lowest BCUT2D eigenvalue weighted by Crippen LogP contribution is -2.41. The Bertz CT molecular complexity index is 611. The van der Waals surface area contributed by atoms with E-state index in [0.29, 0.717) is 17.0 Å². The van der Waals surface area contributed by atoms with E-state index < -0.39 is 50.4 Å². The number of hydrogen-bond acceptors (Lipinski definition) is 7. The summed E-state index contributed by atoms with van der Waals surface area (Å²) < 4.78 is 88.6. The van der Waals surface area contributed by atoms with Crippen molar-refractivity contribution in [3.8, 4) is 0 Å². The Morgan fingerprint density at radius 1 is 1.09 bits per heavy atom. The molecular weight excluding hydrogens is 367 g/mol. The molecule has 0 aliphatic heterocycles. The minimum Gasteiger partial charge on any atom is -0.463 e. The number of carbonyl (C=O) groups excluding carboxylic acids is 1. The van der Waals surface area contributed by atoms with Crippen LogP contribution >= 0.6 is 0 Å². The summed E-state index contributed by atoms with van der Waals surface area (Å²) in [6, 6.07) is 0. The highest BCUT2D eigenvalue weighted by Crippen LogP contribution is 2.24. The van der Waals surface area contributed by atoms with Crippen LogP contribution in [0.1, 0.15) is 33.6 Å². The highest BCUT2D eigenvalue weighted by atomic mass is 32.3. The van der Waals surface area contributed by atoms with Gasteiger partial charge in [0.1, 0.15) is 13.2 Å². The van der Waals surface area contributed by atoms with Crippen molar-refractivity contribution in [3.63, 3.8) is 0 Å². The number of halogens is 3. The molecule has 0 aliphatic rings. The molecule has 1 N–H and O–H groups in total. The molecule has 0 aliphatic carbocycles. The largest absolute Gasteiger partial charge is 0.512 e. The summed E-state index contributed by atoms with van der Waals surface area (Å²) >= 11 is 0. The minimum absolute atomic E-state index is 0.368. The number of nitrogens with one attached hydrogen (secondary N) is 1. The van der Waals surface area contributed by atoms with Crippen LogP contribution in [0.25, 0.3) is 0 Å². The van der Waals surface area contributed by atoms with Crippen molar-refractivity contribution in [2.45, 2.75) is 39.1 Å². The molecule has 23 heavy (non-hydrogen) atoms. The Balaban J connectivity index is 4.47. The average Bonchev–Trinajstić information content (AvgIpc) is 2.31. The van der Waals surface area contributed by atoms with E-state index in [-0.39, 0.29) is 0 Å². The summed E-state index contributed by atoms with van der Waals surface area (Å²) in [6.45, 7) is 3.65. The number of esters is 1. The van der Waals surface area contributed by atoms with Gasteiger partial charge in [-0.3, -0.25) is 8.98 Å². The molecule has 0 aromatic rings. The van der Waals surface area contributed by atoms with E-state index in [1.807, 2.05) is 6.92 Å². The van der Waals surface area contributed by atoms with Crippen LogP contribution < -0.4 is 4.13 Å². The molecule has 0 fully saturated rings. The summed E-state index contributed by atoms with van der Waals surface area (Å²) in [5.74, 6) is -0.642. The molecule has 0 aromatic carbocycles. The first-order chi connectivity index (χ1) is 10.1. The van der Waals surface area contributed by atoms with Crippen molar-refractivity contribution in [2.24, 2.45) is 5.41 Å². The summed E-state index contributed by atoms with van der Waals surface area (Å²) in [5, 5.41) is 0. The predicted octanol–water partition coefficient (Wildman–Crippen LogP) is 1.06. The summed E-state index contributed by atoms with van der Waals surface area (Å²) in [5.41, 5.74) is -6.62. The maximum atomic E-state index is 12.0. The number of hydrogen-bond donors (Lipinski definition) is 1. The highest BCUT2D eigenvalue weighted by molar-refractivity contribution is 8.03. The summed E-state index contributed by atoms with van der Waals surface area (Å²) in [7, 11) is -11.3. The SMILES string of the molecule is CCCC(C)(C)C(=O)OCCOS(=O)(=O)NS(=O)(=O)C(F)(F)F. The van der Waals surface area contributed by atoms with Crippen molar-refractivity contribution < 1.29 is 43.7 Å². The van der Waals surface area contributed by atoms with Gasteiger partial charge in [0.25, 0.3) is 0 Å². The van der Waals surface area contributed by atoms with Crippen LogP contribution in [0.5, 0.6) is 0 Å². The van der Waals surface area contributed by atoms with Gasteiger partial charge in [0.05, 0.1) is 5.41 Å². The number of sulfonamides is 1. The van der Waals surface area contributed by atoms with Crippen LogP contribution in [0.3, 0.4) is 0 Å². The zero-order valence-electron chi connectivity index (χ0n) is 12.6. The lowest BCUT2D eigenvalue weighted by atomic mass is 9.88. The molecule has 0 saturated carbocycles. The smallest absolute Gasteiger partial charge is 0.463 e. The standard InChI is InChI=1S/C10H18F3NO7S2/c1-4-5-9(2,3)8(15)20-6-7-21-23(18,19)14-22(16,17)10(11,12)13/h14H,4-7H2,1-3H3. The van der Waals surface area contributed by atoms with Crippen LogP contribution in [-0.4, -0.2) is 41.5 Å². The van der Waals surface area contributed by atoms with Gasteiger partial charge in [-0.05, 0) is 20.3 Å². The van der Waals surface area contributed by atoms with Crippen molar-refractivity contribution >= 4 is 26.3 Å². The van der Waals surface area contributed by atoms with Gasteiger partial charge < -0.3 is 4.74 Å². The van der Waals surface area contributed by atoms with E-state index in [4.69, 9.17) is 4.74 Å². The molecule has 0 radical (unpaired) electrons. The van der Waals surface area contributed by atoms with Crippen molar-refractivity contribution in [1.82, 2.24) is 4.13 Å². The fourth-order valence-corrected chi connectivity index (χ4v) is 3.34. The maximum Gasteiger partial charge on any atom is 0.512 e. The topological polar surface area (TPSA) is 116 Å². The molecule has 0 aromatic heterocycles. The van der Waals surface area contributed by atoms with Gasteiger partial charge in [0.15, 0.2) is 0 Å². The highest BCUT2D eigenvalue weighted by Gasteiger charge is 2.48.